The third-order valence-corrected chi connectivity index (χ3v) is 9.04. The first-order chi connectivity index (χ1) is 20.5. The van der Waals surface area contributed by atoms with E-state index < -0.39 is 28.5 Å². The smallest absolute Gasteiger partial charge is 0.264 e. The van der Waals surface area contributed by atoms with Crippen molar-refractivity contribution in [2.24, 2.45) is 0 Å². The van der Waals surface area contributed by atoms with Crippen molar-refractivity contribution in [1.29, 1.82) is 0 Å². The minimum absolute atomic E-state index is 0.0424. The molecule has 2 amide bonds. The molecule has 0 aliphatic rings. The molecule has 0 unspecified atom stereocenters. The number of hydrogen-bond donors (Lipinski definition) is 1. The lowest BCUT2D eigenvalue weighted by Gasteiger charge is -2.34. The molecule has 0 aliphatic carbocycles. The van der Waals surface area contributed by atoms with Gasteiger partial charge in [-0.05, 0) is 80.8 Å². The van der Waals surface area contributed by atoms with Crippen LogP contribution in [0.4, 0.5) is 5.69 Å². The van der Waals surface area contributed by atoms with Crippen LogP contribution < -0.4 is 19.1 Å². The van der Waals surface area contributed by atoms with Crippen molar-refractivity contribution in [3.63, 3.8) is 0 Å². The molecule has 2 atom stereocenters. The Morgan fingerprint density at radius 1 is 0.930 bits per heavy atom. The molecule has 0 fully saturated rings. The number of carbonyl (C=O) groups is 2. The molecule has 1 N–H and O–H groups in total. The Bertz CT molecular complexity index is 1470. The average Bonchev–Trinajstić information content (AvgIpc) is 3.00. The third kappa shape index (κ3) is 8.64. The Kier molecular flexibility index (Phi) is 12.3. The van der Waals surface area contributed by atoms with Gasteiger partial charge in [-0.2, -0.15) is 0 Å². The van der Waals surface area contributed by atoms with Crippen LogP contribution in [0.15, 0.2) is 77.7 Å². The number of para-hydroxylation sites is 2. The van der Waals surface area contributed by atoms with E-state index in [4.69, 9.17) is 21.1 Å². The maximum Gasteiger partial charge on any atom is 0.264 e. The van der Waals surface area contributed by atoms with Gasteiger partial charge < -0.3 is 19.7 Å². The number of methoxy groups -OCH3 is 1. The molecular weight excluding hydrogens is 590 g/mol. The SMILES string of the molecule is CCOc1ccccc1N(CC(=O)N(Cc1ccc(OC)cc1)[C@@H](CC)C(=O)N[C@@H](C)CC)S(=O)(=O)c1ccc(Cl)cc1. The summed E-state index contributed by atoms with van der Waals surface area (Å²) in [4.78, 5) is 29.1. The van der Waals surface area contributed by atoms with E-state index in [1.807, 2.05) is 32.9 Å². The molecule has 0 radical (unpaired) electrons. The van der Waals surface area contributed by atoms with Crippen LogP contribution in [0.25, 0.3) is 0 Å². The molecule has 11 heteroatoms. The van der Waals surface area contributed by atoms with Crippen molar-refractivity contribution in [3.8, 4) is 11.5 Å². The summed E-state index contributed by atoms with van der Waals surface area (Å²) in [5, 5.41) is 3.35. The number of carbonyl (C=O) groups excluding carboxylic acids is 2. The van der Waals surface area contributed by atoms with Crippen LogP contribution in [-0.2, 0) is 26.2 Å². The molecule has 3 rings (SSSR count). The highest BCUT2D eigenvalue weighted by Crippen LogP contribution is 2.33. The number of nitrogens with one attached hydrogen (secondary N) is 1. The van der Waals surface area contributed by atoms with Crippen molar-refractivity contribution < 1.29 is 27.5 Å². The quantitative estimate of drug-likeness (QED) is 0.232. The standard InChI is InChI=1S/C32H40ClN3O6S/c1-6-23(4)34-32(38)28(7-2)35(21-24-13-17-26(41-5)18-14-24)31(37)22-36(29-11-9-10-12-30(29)42-8-3)43(39,40)27-19-15-25(33)16-20-27/h9-20,23,28H,6-8,21-22H2,1-5H3,(H,34,38)/t23-,28-/m0/s1. The number of sulfonamides is 1. The molecular formula is C32H40ClN3O6S. The second kappa shape index (κ2) is 15.6. The summed E-state index contributed by atoms with van der Waals surface area (Å²) in [6.45, 7) is 7.26. The topological polar surface area (TPSA) is 105 Å². The van der Waals surface area contributed by atoms with Crippen LogP contribution in [0.1, 0.15) is 46.1 Å². The number of amides is 2. The molecule has 0 bridgehead atoms. The van der Waals surface area contributed by atoms with Crippen LogP contribution in [0.3, 0.4) is 0 Å². The summed E-state index contributed by atoms with van der Waals surface area (Å²) < 4.78 is 40.3. The molecule has 0 aromatic heterocycles. The van der Waals surface area contributed by atoms with E-state index in [0.717, 1.165) is 16.3 Å². The van der Waals surface area contributed by atoms with E-state index in [2.05, 4.69) is 5.32 Å². The van der Waals surface area contributed by atoms with Gasteiger partial charge in [-0.15, -0.1) is 0 Å². The largest absolute Gasteiger partial charge is 0.497 e. The first-order valence-corrected chi connectivity index (χ1v) is 16.1. The van der Waals surface area contributed by atoms with Gasteiger partial charge in [0.25, 0.3) is 10.0 Å². The molecule has 0 saturated heterocycles. The van der Waals surface area contributed by atoms with E-state index in [1.165, 1.54) is 29.2 Å². The summed E-state index contributed by atoms with van der Waals surface area (Å²) in [5.74, 6) is 0.0980. The molecule has 3 aromatic carbocycles. The normalized spacial score (nSPS) is 12.6. The van der Waals surface area contributed by atoms with Gasteiger partial charge in [-0.3, -0.25) is 13.9 Å². The highest BCUT2D eigenvalue weighted by atomic mass is 35.5. The number of hydrogen-bond acceptors (Lipinski definition) is 6. The summed E-state index contributed by atoms with van der Waals surface area (Å²) in [6.07, 6.45) is 1.04. The first kappa shape index (κ1) is 33.7. The lowest BCUT2D eigenvalue weighted by Crippen LogP contribution is -2.53. The van der Waals surface area contributed by atoms with Crippen LogP contribution in [0.2, 0.25) is 5.02 Å². The van der Waals surface area contributed by atoms with Crippen molar-refractivity contribution in [2.75, 3.05) is 24.6 Å². The highest BCUT2D eigenvalue weighted by Gasteiger charge is 2.35. The number of rotatable bonds is 15. The Labute approximate surface area is 259 Å². The van der Waals surface area contributed by atoms with Crippen molar-refractivity contribution >= 4 is 39.1 Å². The monoisotopic (exact) mass is 629 g/mol. The van der Waals surface area contributed by atoms with Gasteiger partial charge in [-0.1, -0.05) is 49.7 Å². The van der Waals surface area contributed by atoms with E-state index >= 15 is 0 Å². The van der Waals surface area contributed by atoms with Gasteiger partial charge in [0.2, 0.25) is 11.8 Å². The van der Waals surface area contributed by atoms with Crippen molar-refractivity contribution in [2.45, 2.75) is 64.1 Å². The van der Waals surface area contributed by atoms with E-state index in [9.17, 15) is 18.0 Å². The predicted molar refractivity (Wildman–Crippen MR) is 169 cm³/mol. The summed E-state index contributed by atoms with van der Waals surface area (Å²) in [7, 11) is -2.71. The Hall–Kier alpha value is -3.76. The predicted octanol–water partition coefficient (Wildman–Crippen LogP) is 5.66. The van der Waals surface area contributed by atoms with Gasteiger partial charge in [0, 0.05) is 17.6 Å². The van der Waals surface area contributed by atoms with Crippen LogP contribution in [0, 0.1) is 0 Å². The van der Waals surface area contributed by atoms with Gasteiger partial charge in [0.1, 0.15) is 24.1 Å². The number of benzene rings is 3. The lowest BCUT2D eigenvalue weighted by molar-refractivity contribution is -0.140. The van der Waals surface area contributed by atoms with Crippen molar-refractivity contribution in [1.82, 2.24) is 10.2 Å². The Morgan fingerprint density at radius 3 is 2.16 bits per heavy atom. The van der Waals surface area contributed by atoms with Crippen LogP contribution >= 0.6 is 11.6 Å². The van der Waals surface area contributed by atoms with E-state index in [0.29, 0.717) is 22.9 Å². The second-order valence-electron chi connectivity index (χ2n) is 9.98. The zero-order valence-corrected chi connectivity index (χ0v) is 26.8. The fourth-order valence-electron chi connectivity index (χ4n) is 4.48. The van der Waals surface area contributed by atoms with Gasteiger partial charge >= 0.3 is 0 Å². The fraction of sp³-hybridized carbons (Fsp3) is 0.375. The summed E-state index contributed by atoms with van der Waals surface area (Å²) in [6, 6.07) is 18.6. The molecule has 232 valence electrons. The van der Waals surface area contributed by atoms with Gasteiger partial charge in [0.15, 0.2) is 0 Å². The van der Waals surface area contributed by atoms with Gasteiger partial charge in [-0.25, -0.2) is 8.42 Å². The Morgan fingerprint density at radius 2 is 1.58 bits per heavy atom. The minimum atomic E-state index is -4.27. The summed E-state index contributed by atoms with van der Waals surface area (Å²) in [5.41, 5.74) is 0.958. The third-order valence-electron chi connectivity index (χ3n) is 7.01. The highest BCUT2D eigenvalue weighted by molar-refractivity contribution is 7.92. The van der Waals surface area contributed by atoms with E-state index in [1.54, 1.807) is 50.4 Å². The lowest BCUT2D eigenvalue weighted by atomic mass is 10.1. The zero-order chi connectivity index (χ0) is 31.6. The fourth-order valence-corrected chi connectivity index (χ4v) is 6.03. The summed E-state index contributed by atoms with van der Waals surface area (Å²) >= 11 is 6.04. The molecule has 0 aliphatic heterocycles. The van der Waals surface area contributed by atoms with E-state index in [-0.39, 0.29) is 35.7 Å². The average molecular weight is 630 g/mol. The van der Waals surface area contributed by atoms with Crippen LogP contribution in [-0.4, -0.2) is 57.5 Å². The minimum Gasteiger partial charge on any atom is -0.497 e. The number of ether oxygens (including phenoxy) is 2. The van der Waals surface area contributed by atoms with Gasteiger partial charge in [0.05, 0.1) is 24.3 Å². The molecule has 9 nitrogen and oxygen atoms in total. The molecule has 0 spiro atoms. The molecule has 43 heavy (non-hydrogen) atoms. The number of nitrogens with zero attached hydrogens (tertiary/aromatic N) is 2. The molecule has 0 saturated carbocycles. The zero-order valence-electron chi connectivity index (χ0n) is 25.2. The van der Waals surface area contributed by atoms with Crippen molar-refractivity contribution in [3.05, 3.63) is 83.4 Å². The maximum atomic E-state index is 14.3. The van der Waals surface area contributed by atoms with Crippen LogP contribution in [0.5, 0.6) is 11.5 Å². The second-order valence-corrected chi connectivity index (χ2v) is 12.3. The number of anilines is 1. The Balaban J connectivity index is 2.10. The molecule has 3 aromatic rings. The maximum absolute atomic E-state index is 14.3. The molecule has 0 heterocycles. The number of halogens is 1. The first-order valence-electron chi connectivity index (χ1n) is 14.3.